The second-order valence-corrected chi connectivity index (χ2v) is 17.7. The first-order chi connectivity index (χ1) is 31.8. The van der Waals surface area contributed by atoms with Gasteiger partial charge in [0.2, 0.25) is 12.6 Å². The lowest BCUT2D eigenvalue weighted by atomic mass is 9.55. The topological polar surface area (TPSA) is 152 Å². The Bertz CT molecular complexity index is 2420. The van der Waals surface area contributed by atoms with Crippen molar-refractivity contribution in [3.63, 3.8) is 0 Å². The van der Waals surface area contributed by atoms with E-state index in [9.17, 15) is 15.5 Å². The van der Waals surface area contributed by atoms with Crippen molar-refractivity contribution in [2.24, 2.45) is 22.9 Å². The molecule has 2 aliphatic carbocycles. The number of aliphatic hydroxyl groups is 2. The maximum absolute atomic E-state index is 15.4. The van der Waals surface area contributed by atoms with Crippen LogP contribution in [-0.4, -0.2) is 78.0 Å². The maximum Gasteiger partial charge on any atom is 0.254 e. The number of ether oxygens (including phenoxy) is 5. The first-order valence-corrected chi connectivity index (χ1v) is 23.8. The normalized spacial score (nSPS) is 23.0. The Balaban J connectivity index is 1.34. The first kappa shape index (κ1) is 45.8. The first-order valence-electron chi connectivity index (χ1n) is 22.6. The molecule has 0 spiro atoms. The zero-order valence-electron chi connectivity index (χ0n) is 37.0. The van der Waals surface area contributed by atoms with Crippen molar-refractivity contribution in [3.05, 3.63) is 131 Å². The van der Waals surface area contributed by atoms with Crippen LogP contribution in [0.25, 0.3) is 0 Å². The molecule has 4 aliphatic rings. The average Bonchev–Trinajstić information content (AvgIpc) is 3.81. The highest BCUT2D eigenvalue weighted by Crippen LogP contribution is 2.62. The molecule has 1 amide bonds. The number of nitrogens with zero attached hydrogens (tertiary/aromatic N) is 3. The lowest BCUT2D eigenvalue weighted by molar-refractivity contribution is -0.255. The highest BCUT2D eigenvalue weighted by molar-refractivity contribution is 7.98. The van der Waals surface area contributed by atoms with Crippen LogP contribution in [0.15, 0.2) is 119 Å². The van der Waals surface area contributed by atoms with Crippen molar-refractivity contribution in [1.82, 2.24) is 4.90 Å². The van der Waals surface area contributed by atoms with E-state index in [0.29, 0.717) is 65.0 Å². The molecule has 0 saturated heterocycles. The highest BCUT2D eigenvalue weighted by Gasteiger charge is 2.65. The molecule has 4 aromatic rings. The molecule has 0 unspecified atom stereocenters. The minimum absolute atomic E-state index is 0.0306. The Labute approximate surface area is 385 Å². The van der Waals surface area contributed by atoms with Crippen LogP contribution in [0.4, 0.5) is 0 Å². The van der Waals surface area contributed by atoms with E-state index in [1.165, 1.54) is 0 Å². The molecule has 8 rings (SSSR count). The summed E-state index contributed by atoms with van der Waals surface area (Å²) in [6.45, 7) is 6.84. The number of aliphatic hydroxyl groups excluding tert-OH is 2. The van der Waals surface area contributed by atoms with Crippen LogP contribution in [0.5, 0.6) is 28.7 Å². The summed E-state index contributed by atoms with van der Waals surface area (Å²) in [6.07, 6.45) is 10.8. The summed E-state index contributed by atoms with van der Waals surface area (Å²) in [6, 6.07) is 27.7. The van der Waals surface area contributed by atoms with E-state index in [-0.39, 0.29) is 63.2 Å². The predicted octanol–water partition coefficient (Wildman–Crippen LogP) is 9.80. The van der Waals surface area contributed by atoms with Gasteiger partial charge in [0.05, 0.1) is 29.9 Å². The molecular formula is C52H57N3O9S. The van der Waals surface area contributed by atoms with Gasteiger partial charge >= 0.3 is 0 Å². The Hall–Kier alpha value is -5.78. The number of oxime groups is 1. The average molecular weight is 900 g/mol. The standard InChI is InChI=1S/C52H57N3O9S/c1-4-26-61-52-48(55(51(58)36-15-12-34(31-53)13-16-36)32-35-14-22-46-47(27-35)60-33-59-46)30-44(54-62-5-2)42-28-37(10-6-8-24-56)41(11-7-9-25-57)49(50(42)52)43-29-39(19-23-45(43)64-52)63-38-17-20-40(65-3)21-18-38/h4,12-23,27-29,37,41,48-50,56-57H,1,5-11,24-26,30,32-33H2,2-3H3/t37-,41+,48-,49+,50+,52+/m0/s1. The maximum atomic E-state index is 15.4. The van der Waals surface area contributed by atoms with Crippen molar-refractivity contribution in [3.8, 4) is 34.8 Å². The van der Waals surface area contributed by atoms with Crippen LogP contribution in [0.2, 0.25) is 0 Å². The molecule has 0 radical (unpaired) electrons. The summed E-state index contributed by atoms with van der Waals surface area (Å²) in [7, 11) is 0. The molecule has 4 aromatic carbocycles. The molecule has 13 heteroatoms. The molecule has 1 fully saturated rings. The van der Waals surface area contributed by atoms with Crippen LogP contribution in [0.3, 0.4) is 0 Å². The summed E-state index contributed by atoms with van der Waals surface area (Å²) in [5.74, 6) is 0.767. The number of thioether (sulfide) groups is 1. The van der Waals surface area contributed by atoms with E-state index in [1.54, 1.807) is 42.1 Å². The number of benzene rings is 4. The lowest BCUT2D eigenvalue weighted by Crippen LogP contribution is -2.70. The number of nitriles is 1. The molecule has 0 bridgehead atoms. The summed E-state index contributed by atoms with van der Waals surface area (Å²) >= 11 is 1.67. The zero-order chi connectivity index (χ0) is 45.3. The van der Waals surface area contributed by atoms with Gasteiger partial charge in [-0.25, -0.2) is 0 Å². The van der Waals surface area contributed by atoms with Gasteiger partial charge in [-0.15, -0.1) is 18.3 Å². The fourth-order valence-electron chi connectivity index (χ4n) is 10.0. The Morgan fingerprint density at radius 3 is 2.42 bits per heavy atom. The Morgan fingerprint density at radius 2 is 1.69 bits per heavy atom. The van der Waals surface area contributed by atoms with Gasteiger partial charge in [-0.1, -0.05) is 36.2 Å². The van der Waals surface area contributed by atoms with Gasteiger partial charge in [0.25, 0.3) is 5.91 Å². The number of carbonyl (C=O) groups is 1. The van der Waals surface area contributed by atoms with Gasteiger partial charge in [0.15, 0.2) is 11.5 Å². The largest absolute Gasteiger partial charge is 0.459 e. The SMILES string of the molecule is C=CCO[C@@]12Oc3ccc(Oc4ccc(SC)cc4)cc3[C@H]3[C@H](CCCCO)[C@@H](CCCCO)C=C(C(=NOCC)C[C@@H]1N(Cc1ccc4c(c1)OCO4)C(=O)c1ccc(C#N)cc1)[C@H]32. The van der Waals surface area contributed by atoms with E-state index in [0.717, 1.165) is 47.3 Å². The molecule has 2 N–H and O–H groups in total. The molecule has 12 nitrogen and oxygen atoms in total. The number of fused-ring (bicyclic) bond motifs is 3. The molecule has 1 saturated carbocycles. The minimum atomic E-state index is -1.48. The highest BCUT2D eigenvalue weighted by atomic mass is 32.2. The van der Waals surface area contributed by atoms with Crippen molar-refractivity contribution in [2.75, 3.05) is 39.5 Å². The van der Waals surface area contributed by atoms with E-state index in [1.807, 2.05) is 72.7 Å². The Kier molecular flexibility index (Phi) is 14.8. The summed E-state index contributed by atoms with van der Waals surface area (Å²) < 4.78 is 32.7. The second-order valence-electron chi connectivity index (χ2n) is 16.8. The van der Waals surface area contributed by atoms with Crippen molar-refractivity contribution in [2.45, 2.75) is 81.1 Å². The summed E-state index contributed by atoms with van der Waals surface area (Å²) in [5.41, 5.74) is 4.22. The second kappa shape index (κ2) is 21.0. The van der Waals surface area contributed by atoms with Gasteiger partial charge in [-0.05, 0) is 141 Å². The molecule has 340 valence electrons. The number of rotatable bonds is 20. The molecule has 65 heavy (non-hydrogen) atoms. The molecule has 2 aliphatic heterocycles. The predicted molar refractivity (Wildman–Crippen MR) is 248 cm³/mol. The number of allylic oxidation sites excluding steroid dienone is 1. The van der Waals surface area contributed by atoms with Crippen molar-refractivity contribution >= 4 is 23.4 Å². The molecular weight excluding hydrogens is 843 g/mol. The molecule has 2 heterocycles. The zero-order valence-corrected chi connectivity index (χ0v) is 37.8. The smallest absolute Gasteiger partial charge is 0.254 e. The van der Waals surface area contributed by atoms with Gasteiger partial charge in [-0.3, -0.25) is 4.79 Å². The number of amides is 1. The van der Waals surface area contributed by atoms with E-state index >= 15 is 4.79 Å². The van der Waals surface area contributed by atoms with Crippen molar-refractivity contribution in [1.29, 1.82) is 5.26 Å². The molecule has 0 aromatic heterocycles. The minimum Gasteiger partial charge on any atom is -0.459 e. The third kappa shape index (κ3) is 9.63. The van der Waals surface area contributed by atoms with Gasteiger partial charge < -0.3 is 43.6 Å². The summed E-state index contributed by atoms with van der Waals surface area (Å²) in [5, 5.41) is 34.5. The monoisotopic (exact) mass is 899 g/mol. The number of hydrogen-bond donors (Lipinski definition) is 2. The number of unbranched alkanes of at least 4 members (excludes halogenated alkanes) is 2. The van der Waals surface area contributed by atoms with Crippen LogP contribution in [0, 0.1) is 29.1 Å². The fraction of sp³-hybridized carbons (Fsp3) is 0.404. The number of hydrogen-bond acceptors (Lipinski definition) is 12. The van der Waals surface area contributed by atoms with E-state index in [4.69, 9.17) is 33.7 Å². The molecule has 6 atom stereocenters. The van der Waals surface area contributed by atoms with Gasteiger partial charge in [-0.2, -0.15) is 5.26 Å². The third-order valence-corrected chi connectivity index (χ3v) is 13.7. The van der Waals surface area contributed by atoms with Gasteiger partial charge in [0, 0.05) is 48.1 Å². The van der Waals surface area contributed by atoms with Crippen LogP contribution in [-0.2, 0) is 16.1 Å². The van der Waals surface area contributed by atoms with E-state index in [2.05, 4.69) is 24.8 Å². The van der Waals surface area contributed by atoms with Crippen LogP contribution in [0.1, 0.15) is 84.8 Å². The van der Waals surface area contributed by atoms with Crippen LogP contribution < -0.4 is 18.9 Å². The van der Waals surface area contributed by atoms with Crippen LogP contribution >= 0.6 is 11.8 Å². The lowest BCUT2D eigenvalue weighted by Gasteiger charge is -2.60. The quantitative estimate of drug-likeness (QED) is 0.0377. The van der Waals surface area contributed by atoms with Crippen molar-refractivity contribution < 1.29 is 43.5 Å². The summed E-state index contributed by atoms with van der Waals surface area (Å²) in [4.78, 5) is 24.3. The van der Waals surface area contributed by atoms with Gasteiger partial charge in [0.1, 0.15) is 29.9 Å². The third-order valence-electron chi connectivity index (χ3n) is 12.9. The Morgan fingerprint density at radius 1 is 0.954 bits per heavy atom. The van der Waals surface area contributed by atoms with E-state index < -0.39 is 17.7 Å². The number of carbonyl (C=O) groups excluding carboxylic acids is 1. The fourth-order valence-corrected chi connectivity index (χ4v) is 10.5.